The molecule has 0 aliphatic heterocycles. The summed E-state index contributed by atoms with van der Waals surface area (Å²) < 4.78 is 0. The second-order valence-corrected chi connectivity index (χ2v) is 2.85. The molecule has 0 saturated carbocycles. The van der Waals surface area contributed by atoms with Gasteiger partial charge in [-0.1, -0.05) is 18.2 Å². The van der Waals surface area contributed by atoms with Gasteiger partial charge in [-0.05, 0) is 12.1 Å². The molecule has 1 amide bonds. The van der Waals surface area contributed by atoms with Gasteiger partial charge in [-0.3, -0.25) is 4.79 Å². The van der Waals surface area contributed by atoms with Crippen LogP contribution in [0, 0.1) is 0 Å². The van der Waals surface area contributed by atoms with E-state index in [0.717, 1.165) is 10.9 Å². The van der Waals surface area contributed by atoms with Crippen LogP contribution >= 0.6 is 12.4 Å². The van der Waals surface area contributed by atoms with Gasteiger partial charge in [0.2, 0.25) is 0 Å². The van der Waals surface area contributed by atoms with Gasteiger partial charge in [-0.2, -0.15) is 0 Å². The number of hydrogen-bond acceptors (Lipinski definition) is 1. The number of para-hydroxylation sites is 1. The van der Waals surface area contributed by atoms with E-state index in [-0.39, 0.29) is 18.3 Å². The number of carbonyl (C=O) groups excluding carboxylic acids is 1. The largest absolute Gasteiger partial charge is 0.354 e. The van der Waals surface area contributed by atoms with E-state index < -0.39 is 0 Å². The highest BCUT2D eigenvalue weighted by Gasteiger charge is 2.05. The molecule has 0 unspecified atom stereocenters. The quantitative estimate of drug-likeness (QED) is 0.743. The summed E-state index contributed by atoms with van der Waals surface area (Å²) in [5.41, 5.74) is 1.59. The van der Waals surface area contributed by atoms with Crippen LogP contribution in [0.3, 0.4) is 0 Å². The van der Waals surface area contributed by atoms with E-state index in [1.54, 1.807) is 7.05 Å². The zero-order valence-electron chi connectivity index (χ0n) is 7.70. The lowest BCUT2D eigenvalue weighted by molar-refractivity contribution is 0.0959. The Bertz CT molecular complexity index is 417. The highest BCUT2D eigenvalue weighted by Crippen LogP contribution is 2.13. The normalized spacial score (nSPS) is 9.50. The first kappa shape index (κ1) is 10.6. The molecular formula is C10H11ClN2O. The van der Waals surface area contributed by atoms with Crippen LogP contribution in [-0.2, 0) is 0 Å². The Morgan fingerprint density at radius 3 is 2.71 bits per heavy atom. The Morgan fingerprint density at radius 1 is 1.36 bits per heavy atom. The number of amides is 1. The fourth-order valence-electron chi connectivity index (χ4n) is 1.33. The number of fused-ring (bicyclic) bond motifs is 1. The number of benzene rings is 1. The minimum atomic E-state index is -0.0869. The second kappa shape index (κ2) is 4.15. The van der Waals surface area contributed by atoms with Gasteiger partial charge in [0.1, 0.15) is 5.69 Å². The van der Waals surface area contributed by atoms with Crippen molar-refractivity contribution in [2.24, 2.45) is 0 Å². The molecule has 2 rings (SSSR count). The average Bonchev–Trinajstić information content (AvgIpc) is 2.59. The molecule has 3 nitrogen and oxygen atoms in total. The van der Waals surface area contributed by atoms with Crippen molar-refractivity contribution in [1.29, 1.82) is 0 Å². The fourth-order valence-corrected chi connectivity index (χ4v) is 1.33. The first-order valence-corrected chi connectivity index (χ1v) is 4.11. The molecule has 1 aromatic carbocycles. The molecule has 0 radical (unpaired) electrons. The minimum Gasteiger partial charge on any atom is -0.354 e. The van der Waals surface area contributed by atoms with E-state index in [9.17, 15) is 4.79 Å². The smallest absolute Gasteiger partial charge is 0.267 e. The summed E-state index contributed by atoms with van der Waals surface area (Å²) in [6, 6.07) is 9.64. The van der Waals surface area contributed by atoms with Crippen molar-refractivity contribution in [2.75, 3.05) is 7.05 Å². The molecule has 0 atom stereocenters. The topological polar surface area (TPSA) is 44.9 Å². The van der Waals surface area contributed by atoms with Crippen LogP contribution in [-0.4, -0.2) is 17.9 Å². The molecule has 0 fully saturated rings. The maximum absolute atomic E-state index is 11.2. The number of carbonyl (C=O) groups is 1. The summed E-state index contributed by atoms with van der Waals surface area (Å²) in [5, 5.41) is 3.63. The number of rotatable bonds is 1. The van der Waals surface area contributed by atoms with Crippen molar-refractivity contribution in [1.82, 2.24) is 10.3 Å². The molecular weight excluding hydrogens is 200 g/mol. The number of H-pyrrole nitrogens is 1. The summed E-state index contributed by atoms with van der Waals surface area (Å²) >= 11 is 0. The Balaban J connectivity index is 0.000000980. The van der Waals surface area contributed by atoms with Crippen LogP contribution in [0.4, 0.5) is 0 Å². The monoisotopic (exact) mass is 210 g/mol. The second-order valence-electron chi connectivity index (χ2n) is 2.85. The first-order valence-electron chi connectivity index (χ1n) is 4.11. The lowest BCUT2D eigenvalue weighted by Gasteiger charge is -1.92. The van der Waals surface area contributed by atoms with Crippen LogP contribution in [0.1, 0.15) is 10.5 Å². The third-order valence-electron chi connectivity index (χ3n) is 2.00. The maximum atomic E-state index is 11.2. The third-order valence-corrected chi connectivity index (χ3v) is 2.00. The summed E-state index contributed by atoms with van der Waals surface area (Å²) in [7, 11) is 1.62. The summed E-state index contributed by atoms with van der Waals surface area (Å²) in [6.07, 6.45) is 0. The molecule has 0 spiro atoms. The molecule has 0 aliphatic rings. The van der Waals surface area contributed by atoms with E-state index in [4.69, 9.17) is 0 Å². The molecule has 2 N–H and O–H groups in total. The highest BCUT2D eigenvalue weighted by atomic mass is 35.5. The number of aromatic nitrogens is 1. The third kappa shape index (κ3) is 1.72. The van der Waals surface area contributed by atoms with Crippen LogP contribution in [0.2, 0.25) is 0 Å². The van der Waals surface area contributed by atoms with Crippen LogP contribution in [0.5, 0.6) is 0 Å². The highest BCUT2D eigenvalue weighted by molar-refractivity contribution is 5.97. The number of halogens is 1. The predicted molar refractivity (Wildman–Crippen MR) is 58.9 cm³/mol. The molecule has 4 heteroatoms. The summed E-state index contributed by atoms with van der Waals surface area (Å²) in [5.74, 6) is -0.0869. The maximum Gasteiger partial charge on any atom is 0.267 e. The molecule has 0 aliphatic carbocycles. The fraction of sp³-hybridized carbons (Fsp3) is 0.100. The number of aromatic amines is 1. The van der Waals surface area contributed by atoms with Gasteiger partial charge in [0, 0.05) is 18.0 Å². The van der Waals surface area contributed by atoms with E-state index in [0.29, 0.717) is 5.69 Å². The molecule has 2 aromatic rings. The van der Waals surface area contributed by atoms with E-state index in [1.165, 1.54) is 0 Å². The predicted octanol–water partition coefficient (Wildman–Crippen LogP) is 1.95. The van der Waals surface area contributed by atoms with Gasteiger partial charge in [0.05, 0.1) is 0 Å². The number of hydrogen-bond donors (Lipinski definition) is 2. The van der Waals surface area contributed by atoms with Crippen LogP contribution < -0.4 is 5.32 Å². The Labute approximate surface area is 87.9 Å². The van der Waals surface area contributed by atoms with Crippen molar-refractivity contribution in [2.45, 2.75) is 0 Å². The Morgan fingerprint density at radius 2 is 2.07 bits per heavy atom. The molecule has 74 valence electrons. The lowest BCUT2D eigenvalue weighted by Crippen LogP contribution is -2.17. The summed E-state index contributed by atoms with van der Waals surface area (Å²) in [4.78, 5) is 14.3. The van der Waals surface area contributed by atoms with Crippen molar-refractivity contribution < 1.29 is 4.79 Å². The SMILES string of the molecule is CNC(=O)c1cc2ccccc2[nH]1.Cl. The van der Waals surface area contributed by atoms with Crippen molar-refractivity contribution in [3.8, 4) is 0 Å². The minimum absolute atomic E-state index is 0. The zero-order valence-corrected chi connectivity index (χ0v) is 8.52. The molecule has 0 saturated heterocycles. The first-order chi connectivity index (χ1) is 6.31. The molecule has 1 heterocycles. The number of nitrogens with one attached hydrogen (secondary N) is 2. The van der Waals surface area contributed by atoms with Crippen LogP contribution in [0.15, 0.2) is 30.3 Å². The molecule has 14 heavy (non-hydrogen) atoms. The summed E-state index contributed by atoms with van der Waals surface area (Å²) in [6.45, 7) is 0. The van der Waals surface area contributed by atoms with Gasteiger partial charge in [-0.15, -0.1) is 12.4 Å². The average molecular weight is 211 g/mol. The van der Waals surface area contributed by atoms with E-state index >= 15 is 0 Å². The molecule has 1 aromatic heterocycles. The lowest BCUT2D eigenvalue weighted by atomic mass is 10.2. The van der Waals surface area contributed by atoms with Gasteiger partial charge in [-0.25, -0.2) is 0 Å². The molecule has 0 bridgehead atoms. The Kier molecular flexibility index (Phi) is 3.14. The van der Waals surface area contributed by atoms with Crippen molar-refractivity contribution >= 4 is 29.2 Å². The Hall–Kier alpha value is -1.48. The van der Waals surface area contributed by atoms with E-state index in [1.807, 2.05) is 30.3 Å². The van der Waals surface area contributed by atoms with Gasteiger partial charge < -0.3 is 10.3 Å². The van der Waals surface area contributed by atoms with Crippen molar-refractivity contribution in [3.05, 3.63) is 36.0 Å². The van der Waals surface area contributed by atoms with Crippen molar-refractivity contribution in [3.63, 3.8) is 0 Å². The van der Waals surface area contributed by atoms with Gasteiger partial charge >= 0.3 is 0 Å². The van der Waals surface area contributed by atoms with Gasteiger partial charge in [0.25, 0.3) is 5.91 Å². The van der Waals surface area contributed by atoms with Gasteiger partial charge in [0.15, 0.2) is 0 Å². The van der Waals surface area contributed by atoms with Crippen LogP contribution in [0.25, 0.3) is 10.9 Å². The van der Waals surface area contributed by atoms with E-state index in [2.05, 4.69) is 10.3 Å². The zero-order chi connectivity index (χ0) is 9.26. The standard InChI is InChI=1S/C10H10N2O.ClH/c1-11-10(13)9-6-7-4-2-3-5-8(7)12-9;/h2-6,12H,1H3,(H,11,13);1H.